The van der Waals surface area contributed by atoms with E-state index in [0.29, 0.717) is 22.0 Å². The summed E-state index contributed by atoms with van der Waals surface area (Å²) < 4.78 is 4.63. The smallest absolute Gasteiger partial charge is 0.339 e. The quantitative estimate of drug-likeness (QED) is 0.531. The van der Waals surface area contributed by atoms with Gasteiger partial charge in [0.25, 0.3) is 5.56 Å². The highest BCUT2D eigenvalue weighted by molar-refractivity contribution is 6.04. The largest absolute Gasteiger partial charge is 0.465 e. The maximum Gasteiger partial charge on any atom is 0.339 e. The van der Waals surface area contributed by atoms with Crippen molar-refractivity contribution in [3.05, 3.63) is 52.4 Å². The lowest BCUT2D eigenvalue weighted by Gasteiger charge is -2.04. The first-order valence-corrected chi connectivity index (χ1v) is 5.70. The van der Waals surface area contributed by atoms with Gasteiger partial charge in [-0.05, 0) is 12.1 Å². The van der Waals surface area contributed by atoms with Crippen LogP contribution in [-0.4, -0.2) is 23.0 Å². The van der Waals surface area contributed by atoms with Crippen LogP contribution >= 0.6 is 0 Å². The lowest BCUT2D eigenvalue weighted by Crippen LogP contribution is -2.08. The molecule has 2 heterocycles. The number of aromatic amines is 1. The van der Waals surface area contributed by atoms with Crippen molar-refractivity contribution in [3.63, 3.8) is 0 Å². The summed E-state index contributed by atoms with van der Waals surface area (Å²) in [6.07, 6.45) is 1.44. The molecule has 0 unspecified atom stereocenters. The number of carbonyl (C=O) groups is 1. The average Bonchev–Trinajstić information content (AvgIpc) is 2.46. The maximum atomic E-state index is 11.9. The van der Waals surface area contributed by atoms with Crippen LogP contribution in [0.15, 0.2) is 41.3 Å². The van der Waals surface area contributed by atoms with E-state index in [1.165, 1.54) is 13.3 Å². The Bertz CT molecular complexity index is 852. The van der Waals surface area contributed by atoms with Crippen molar-refractivity contribution in [1.29, 1.82) is 0 Å². The number of ether oxygens (including phenoxy) is 1. The highest BCUT2D eigenvalue weighted by Gasteiger charge is 2.10. The van der Waals surface area contributed by atoms with Gasteiger partial charge in [0.05, 0.1) is 23.7 Å². The minimum Gasteiger partial charge on any atom is -0.465 e. The Morgan fingerprint density at radius 2 is 2.00 bits per heavy atom. The number of esters is 1. The Kier molecular flexibility index (Phi) is 2.52. The van der Waals surface area contributed by atoms with E-state index < -0.39 is 5.97 Å². The van der Waals surface area contributed by atoms with Crippen molar-refractivity contribution >= 4 is 27.8 Å². The fourth-order valence-corrected chi connectivity index (χ4v) is 2.08. The molecule has 0 saturated heterocycles. The van der Waals surface area contributed by atoms with Gasteiger partial charge in [-0.1, -0.05) is 18.2 Å². The number of nitrogens with zero attached hydrogens (tertiary/aromatic N) is 1. The topological polar surface area (TPSA) is 72.0 Å². The Hall–Kier alpha value is -2.69. The van der Waals surface area contributed by atoms with Gasteiger partial charge in [0.2, 0.25) is 0 Å². The van der Waals surface area contributed by atoms with Crippen LogP contribution in [0.5, 0.6) is 0 Å². The summed E-state index contributed by atoms with van der Waals surface area (Å²) in [7, 11) is 1.30. The molecule has 0 saturated carbocycles. The number of benzene rings is 1. The minimum atomic E-state index is -0.483. The number of methoxy groups -OCH3 is 1. The molecule has 0 spiro atoms. The van der Waals surface area contributed by atoms with Gasteiger partial charge in [-0.3, -0.25) is 9.78 Å². The van der Waals surface area contributed by atoms with Gasteiger partial charge in [-0.2, -0.15) is 0 Å². The molecule has 5 heteroatoms. The molecule has 94 valence electrons. The van der Waals surface area contributed by atoms with Crippen LogP contribution in [0.2, 0.25) is 0 Å². The Labute approximate surface area is 107 Å². The highest BCUT2D eigenvalue weighted by Crippen LogP contribution is 2.19. The van der Waals surface area contributed by atoms with E-state index in [2.05, 4.69) is 14.7 Å². The molecule has 1 N–H and O–H groups in total. The van der Waals surface area contributed by atoms with E-state index in [0.717, 1.165) is 5.39 Å². The van der Waals surface area contributed by atoms with Gasteiger partial charge in [-0.25, -0.2) is 4.79 Å². The van der Waals surface area contributed by atoms with E-state index in [1.54, 1.807) is 18.2 Å². The van der Waals surface area contributed by atoms with Crippen molar-refractivity contribution < 1.29 is 9.53 Å². The molecular formula is C14H10N2O3. The summed E-state index contributed by atoms with van der Waals surface area (Å²) in [5, 5.41) is 1.34. The molecule has 0 bridgehead atoms. The van der Waals surface area contributed by atoms with Gasteiger partial charge in [0, 0.05) is 17.0 Å². The molecule has 0 radical (unpaired) electrons. The van der Waals surface area contributed by atoms with Crippen LogP contribution in [-0.2, 0) is 4.74 Å². The molecule has 3 aromatic rings. The van der Waals surface area contributed by atoms with Crippen LogP contribution in [0, 0.1) is 0 Å². The van der Waals surface area contributed by atoms with Crippen molar-refractivity contribution in [2.75, 3.05) is 7.11 Å². The number of H-pyrrole nitrogens is 1. The van der Waals surface area contributed by atoms with E-state index in [-0.39, 0.29) is 5.56 Å². The van der Waals surface area contributed by atoms with Crippen LogP contribution in [0.3, 0.4) is 0 Å². The highest BCUT2D eigenvalue weighted by atomic mass is 16.5. The summed E-state index contributed by atoms with van der Waals surface area (Å²) in [4.78, 5) is 30.4. The first kappa shape index (κ1) is 11.4. The molecular weight excluding hydrogens is 244 g/mol. The van der Waals surface area contributed by atoms with Crippen LogP contribution in [0.1, 0.15) is 10.4 Å². The van der Waals surface area contributed by atoms with Crippen LogP contribution < -0.4 is 5.56 Å². The third kappa shape index (κ3) is 1.76. The van der Waals surface area contributed by atoms with Gasteiger partial charge in [0.15, 0.2) is 0 Å². The first-order chi connectivity index (χ1) is 9.20. The van der Waals surface area contributed by atoms with Gasteiger partial charge in [0.1, 0.15) is 0 Å². The number of rotatable bonds is 1. The lowest BCUT2D eigenvalue weighted by molar-refractivity contribution is 0.0600. The molecule has 0 fully saturated rings. The zero-order valence-electron chi connectivity index (χ0n) is 10.1. The second-order valence-corrected chi connectivity index (χ2v) is 4.11. The van der Waals surface area contributed by atoms with Crippen molar-refractivity contribution in [2.24, 2.45) is 0 Å². The number of pyridine rings is 2. The number of hydrogen-bond acceptors (Lipinski definition) is 4. The summed E-state index contributed by atoms with van der Waals surface area (Å²) in [6, 6.07) is 8.78. The molecule has 0 aliphatic rings. The lowest BCUT2D eigenvalue weighted by atomic mass is 10.1. The Morgan fingerprint density at radius 1 is 1.26 bits per heavy atom. The van der Waals surface area contributed by atoms with E-state index >= 15 is 0 Å². The summed E-state index contributed by atoms with van der Waals surface area (Å²) in [5.41, 5.74) is 1.28. The monoisotopic (exact) mass is 254 g/mol. The number of hydrogen-bond donors (Lipinski definition) is 1. The summed E-state index contributed by atoms with van der Waals surface area (Å²) in [5.74, 6) is -0.483. The summed E-state index contributed by atoms with van der Waals surface area (Å²) in [6.45, 7) is 0. The number of fused-ring (bicyclic) bond motifs is 3. The third-order valence-corrected chi connectivity index (χ3v) is 2.98. The van der Waals surface area contributed by atoms with Crippen molar-refractivity contribution in [1.82, 2.24) is 9.97 Å². The second-order valence-electron chi connectivity index (χ2n) is 4.11. The standard InChI is InChI=1S/C14H10N2O3/c1-19-14(18)8-6-11-12(15-7-8)9-4-2-3-5-10(9)13(17)16-11/h2-7H,1H3,(H,16,17). The second kappa shape index (κ2) is 4.20. The molecule has 0 atom stereocenters. The molecule has 3 rings (SSSR count). The minimum absolute atomic E-state index is 0.202. The van der Waals surface area contributed by atoms with E-state index in [1.807, 2.05) is 12.1 Å². The molecule has 19 heavy (non-hydrogen) atoms. The fraction of sp³-hybridized carbons (Fsp3) is 0.0714. The molecule has 2 aromatic heterocycles. The molecule has 0 amide bonds. The van der Waals surface area contributed by atoms with E-state index in [4.69, 9.17) is 0 Å². The average molecular weight is 254 g/mol. The van der Waals surface area contributed by atoms with Gasteiger partial charge < -0.3 is 9.72 Å². The zero-order valence-corrected chi connectivity index (χ0v) is 10.1. The molecule has 5 nitrogen and oxygen atoms in total. The van der Waals surface area contributed by atoms with Gasteiger partial charge >= 0.3 is 5.97 Å². The van der Waals surface area contributed by atoms with E-state index in [9.17, 15) is 9.59 Å². The Morgan fingerprint density at radius 3 is 2.74 bits per heavy atom. The van der Waals surface area contributed by atoms with Crippen molar-refractivity contribution in [3.8, 4) is 0 Å². The maximum absolute atomic E-state index is 11.9. The normalized spacial score (nSPS) is 10.8. The molecule has 1 aromatic carbocycles. The number of aromatic nitrogens is 2. The number of nitrogens with one attached hydrogen (secondary N) is 1. The predicted octanol–water partition coefficient (Wildman–Crippen LogP) is 1.86. The van der Waals surface area contributed by atoms with Crippen LogP contribution in [0.4, 0.5) is 0 Å². The van der Waals surface area contributed by atoms with Crippen molar-refractivity contribution in [2.45, 2.75) is 0 Å². The Balaban J connectivity index is 2.40. The predicted molar refractivity (Wildman–Crippen MR) is 71.2 cm³/mol. The molecule has 0 aliphatic carbocycles. The zero-order chi connectivity index (χ0) is 13.4. The number of carbonyl (C=O) groups excluding carboxylic acids is 1. The fourth-order valence-electron chi connectivity index (χ4n) is 2.08. The SMILES string of the molecule is COC(=O)c1cnc2c(c1)[nH]c(=O)c1ccccc12. The first-order valence-electron chi connectivity index (χ1n) is 5.70. The van der Waals surface area contributed by atoms with Gasteiger partial charge in [-0.15, -0.1) is 0 Å². The summed E-state index contributed by atoms with van der Waals surface area (Å²) >= 11 is 0. The third-order valence-electron chi connectivity index (χ3n) is 2.98. The molecule has 0 aliphatic heterocycles. The van der Waals surface area contributed by atoms with Crippen LogP contribution in [0.25, 0.3) is 21.8 Å².